The molecule has 2 aromatic rings. The molecule has 1 aliphatic heterocycles. The zero-order valence-corrected chi connectivity index (χ0v) is 14.6. The Bertz CT molecular complexity index is 699. The quantitative estimate of drug-likeness (QED) is 0.564. The van der Waals surface area contributed by atoms with Crippen molar-refractivity contribution >= 4 is 56.4 Å². The summed E-state index contributed by atoms with van der Waals surface area (Å²) in [6, 6.07) is 5.75. The summed E-state index contributed by atoms with van der Waals surface area (Å²) >= 11 is 5.07. The smallest absolute Gasteiger partial charge is 0.149 e. The van der Waals surface area contributed by atoms with E-state index in [0.29, 0.717) is 0 Å². The fourth-order valence-electron chi connectivity index (χ4n) is 2.03. The van der Waals surface area contributed by atoms with Gasteiger partial charge in [-0.05, 0) is 24.0 Å². The van der Waals surface area contributed by atoms with E-state index in [1.54, 1.807) is 23.1 Å². The van der Waals surface area contributed by atoms with Crippen LogP contribution in [0.25, 0.3) is 10.2 Å². The summed E-state index contributed by atoms with van der Waals surface area (Å²) in [6.07, 6.45) is 0.896. The molecule has 1 aromatic carbocycles. The molecule has 116 valence electrons. The second-order valence-corrected chi connectivity index (χ2v) is 8.08. The predicted molar refractivity (Wildman–Crippen MR) is 97.0 cm³/mol. The van der Waals surface area contributed by atoms with Gasteiger partial charge in [-0.25, -0.2) is 4.98 Å². The Balaban J connectivity index is 1.74. The van der Waals surface area contributed by atoms with Gasteiger partial charge in [0.25, 0.3) is 0 Å². The Morgan fingerprint density at radius 1 is 1.50 bits per heavy atom. The zero-order valence-electron chi connectivity index (χ0n) is 12.2. The average Bonchev–Trinajstić information content (AvgIpc) is 3.17. The Morgan fingerprint density at radius 3 is 3.18 bits per heavy atom. The van der Waals surface area contributed by atoms with Crippen LogP contribution in [0.5, 0.6) is 5.75 Å². The van der Waals surface area contributed by atoms with E-state index in [9.17, 15) is 4.79 Å². The first kappa shape index (κ1) is 15.8. The number of aliphatic imine (C=N–C) groups is 1. The summed E-state index contributed by atoms with van der Waals surface area (Å²) in [6.45, 7) is 2.87. The lowest BCUT2D eigenvalue weighted by Crippen LogP contribution is -2.03. The van der Waals surface area contributed by atoms with E-state index in [0.717, 1.165) is 56.2 Å². The Hall–Kier alpha value is -1.05. The van der Waals surface area contributed by atoms with Crippen molar-refractivity contribution in [1.29, 1.82) is 0 Å². The van der Waals surface area contributed by atoms with E-state index in [-0.39, 0.29) is 6.04 Å². The normalized spacial score (nSPS) is 17.7. The SMILES string of the molecule is CCSCCOc1ccc2nc(C3=NC(C=O)CS3)sc2c1. The molecule has 1 atom stereocenters. The summed E-state index contributed by atoms with van der Waals surface area (Å²) in [5.41, 5.74) is 0.952. The molecule has 0 radical (unpaired) electrons. The van der Waals surface area contributed by atoms with Crippen molar-refractivity contribution in [1.82, 2.24) is 4.98 Å². The number of hydrogen-bond donors (Lipinski definition) is 0. The molecule has 0 bridgehead atoms. The molecule has 1 unspecified atom stereocenters. The van der Waals surface area contributed by atoms with E-state index >= 15 is 0 Å². The van der Waals surface area contributed by atoms with E-state index in [4.69, 9.17) is 4.74 Å². The number of thioether (sulfide) groups is 2. The average molecular weight is 353 g/mol. The Labute approximate surface area is 141 Å². The van der Waals surface area contributed by atoms with Crippen LogP contribution in [-0.2, 0) is 4.79 Å². The van der Waals surface area contributed by atoms with Crippen LogP contribution in [0.2, 0.25) is 0 Å². The van der Waals surface area contributed by atoms with Crippen LogP contribution in [0.3, 0.4) is 0 Å². The maximum Gasteiger partial charge on any atom is 0.149 e. The first-order valence-corrected chi connectivity index (χ1v) is 10.0. The van der Waals surface area contributed by atoms with Crippen molar-refractivity contribution in [3.63, 3.8) is 0 Å². The van der Waals surface area contributed by atoms with Crippen LogP contribution < -0.4 is 4.74 Å². The highest BCUT2D eigenvalue weighted by atomic mass is 32.2. The Kier molecular flexibility index (Phi) is 5.38. The number of fused-ring (bicyclic) bond motifs is 1. The molecule has 0 saturated carbocycles. The fraction of sp³-hybridized carbons (Fsp3) is 0.400. The Morgan fingerprint density at radius 2 is 2.41 bits per heavy atom. The fourth-order valence-corrected chi connectivity index (χ4v) is 4.56. The number of thiazole rings is 1. The molecule has 0 aliphatic carbocycles. The first-order chi connectivity index (χ1) is 10.8. The maximum absolute atomic E-state index is 10.8. The summed E-state index contributed by atoms with van der Waals surface area (Å²) in [5.74, 6) is 3.72. The molecular formula is C15H16N2O2S3. The third-order valence-electron chi connectivity index (χ3n) is 3.07. The number of aromatic nitrogens is 1. The van der Waals surface area contributed by atoms with Gasteiger partial charge in [0.15, 0.2) is 0 Å². The van der Waals surface area contributed by atoms with Crippen molar-refractivity contribution in [3.8, 4) is 5.75 Å². The van der Waals surface area contributed by atoms with Crippen LogP contribution >= 0.6 is 34.9 Å². The minimum absolute atomic E-state index is 0.220. The largest absolute Gasteiger partial charge is 0.493 e. The number of carbonyl (C=O) groups excluding carboxylic acids is 1. The van der Waals surface area contributed by atoms with Crippen LogP contribution in [0.4, 0.5) is 0 Å². The second-order valence-electron chi connectivity index (χ2n) is 4.64. The molecule has 0 saturated heterocycles. The number of ether oxygens (including phenoxy) is 1. The van der Waals surface area contributed by atoms with Gasteiger partial charge >= 0.3 is 0 Å². The number of carbonyl (C=O) groups is 1. The van der Waals surface area contributed by atoms with Crippen molar-refractivity contribution in [2.45, 2.75) is 13.0 Å². The van der Waals surface area contributed by atoms with Gasteiger partial charge in [-0.15, -0.1) is 23.1 Å². The summed E-state index contributed by atoms with van der Waals surface area (Å²) in [7, 11) is 0. The molecular weight excluding hydrogens is 336 g/mol. The van der Waals surface area contributed by atoms with Crippen LogP contribution in [0.1, 0.15) is 11.9 Å². The van der Waals surface area contributed by atoms with E-state index < -0.39 is 0 Å². The maximum atomic E-state index is 10.8. The number of aldehydes is 1. The summed E-state index contributed by atoms with van der Waals surface area (Å²) in [4.78, 5) is 19.8. The van der Waals surface area contributed by atoms with Crippen LogP contribution in [0, 0.1) is 0 Å². The van der Waals surface area contributed by atoms with E-state index in [1.165, 1.54) is 0 Å². The lowest BCUT2D eigenvalue weighted by Gasteiger charge is -2.04. The number of benzene rings is 1. The molecule has 1 aromatic heterocycles. The molecule has 22 heavy (non-hydrogen) atoms. The van der Waals surface area contributed by atoms with Crippen molar-refractivity contribution < 1.29 is 9.53 Å². The third kappa shape index (κ3) is 3.64. The summed E-state index contributed by atoms with van der Waals surface area (Å²) in [5, 5.41) is 1.77. The van der Waals surface area contributed by atoms with Crippen molar-refractivity contribution in [2.24, 2.45) is 4.99 Å². The first-order valence-electron chi connectivity index (χ1n) is 7.07. The molecule has 2 heterocycles. The van der Waals surface area contributed by atoms with Crippen LogP contribution in [0.15, 0.2) is 23.2 Å². The van der Waals surface area contributed by atoms with Gasteiger partial charge in [0.2, 0.25) is 0 Å². The van der Waals surface area contributed by atoms with E-state index in [2.05, 4.69) is 16.9 Å². The topological polar surface area (TPSA) is 51.6 Å². The molecule has 0 amide bonds. The molecule has 0 fully saturated rings. The zero-order chi connectivity index (χ0) is 15.4. The predicted octanol–water partition coefficient (Wildman–Crippen LogP) is 3.49. The van der Waals surface area contributed by atoms with Gasteiger partial charge in [0, 0.05) is 11.5 Å². The van der Waals surface area contributed by atoms with Crippen molar-refractivity contribution in [2.75, 3.05) is 23.9 Å². The van der Waals surface area contributed by atoms with Gasteiger partial charge in [0.05, 0.1) is 16.8 Å². The monoisotopic (exact) mass is 352 g/mol. The number of nitrogens with zero attached hydrogens (tertiary/aromatic N) is 2. The van der Waals surface area contributed by atoms with Gasteiger partial charge < -0.3 is 9.53 Å². The highest BCUT2D eigenvalue weighted by Crippen LogP contribution is 2.31. The number of hydrogen-bond acceptors (Lipinski definition) is 7. The highest BCUT2D eigenvalue weighted by Gasteiger charge is 2.21. The van der Waals surface area contributed by atoms with E-state index in [1.807, 2.05) is 30.0 Å². The van der Waals surface area contributed by atoms with Crippen LogP contribution in [-0.4, -0.2) is 46.2 Å². The molecule has 0 spiro atoms. The molecule has 1 aliphatic rings. The minimum atomic E-state index is -0.220. The van der Waals surface area contributed by atoms with Gasteiger partial charge in [-0.1, -0.05) is 6.92 Å². The second kappa shape index (κ2) is 7.48. The highest BCUT2D eigenvalue weighted by molar-refractivity contribution is 8.15. The molecule has 3 rings (SSSR count). The van der Waals surface area contributed by atoms with Gasteiger partial charge in [0.1, 0.15) is 28.1 Å². The van der Waals surface area contributed by atoms with Gasteiger partial charge in [-0.3, -0.25) is 4.99 Å². The lowest BCUT2D eigenvalue weighted by molar-refractivity contribution is -0.108. The summed E-state index contributed by atoms with van der Waals surface area (Å²) < 4.78 is 6.85. The molecule has 4 nitrogen and oxygen atoms in total. The molecule has 7 heteroatoms. The number of rotatable bonds is 7. The van der Waals surface area contributed by atoms with Crippen molar-refractivity contribution in [3.05, 3.63) is 23.2 Å². The minimum Gasteiger partial charge on any atom is -0.493 e. The third-order valence-corrected chi connectivity index (χ3v) is 6.17. The standard InChI is InChI=1S/C15H16N2O2S3/c1-2-20-6-5-19-11-3-4-12-13(7-11)22-15(17-12)14-16-10(8-18)9-21-14/h3-4,7-8,10H,2,5-6,9H2,1H3. The lowest BCUT2D eigenvalue weighted by atomic mass is 10.3. The molecule has 0 N–H and O–H groups in total. The van der Waals surface area contributed by atoms with Gasteiger partial charge in [-0.2, -0.15) is 11.8 Å².